The SMILES string of the molecule is C[CH]([Pb])Oc1ccccc1. The van der Waals surface area contributed by atoms with Crippen LogP contribution in [0.5, 0.6) is 5.75 Å². The van der Waals surface area contributed by atoms with Gasteiger partial charge >= 0.3 is 77.2 Å². The molecule has 1 nitrogen and oxygen atoms in total. The average molecular weight is 328 g/mol. The topological polar surface area (TPSA) is 9.23 Å². The Labute approximate surface area is 77.1 Å². The Balaban J connectivity index is 2.59. The molecule has 0 aliphatic heterocycles. The molecule has 0 spiro atoms. The van der Waals surface area contributed by atoms with Crippen LogP contribution in [-0.4, -0.2) is 29.4 Å². The molecule has 1 rings (SSSR count). The molecule has 0 bridgehead atoms. The third-order valence-corrected chi connectivity index (χ3v) is 1.51. The number of para-hydroxylation sites is 1. The third kappa shape index (κ3) is 2.68. The fraction of sp³-hybridized carbons (Fsp3) is 0.250. The van der Waals surface area contributed by atoms with E-state index in [1.54, 1.807) is 0 Å². The molecule has 0 aliphatic rings. The zero-order valence-electron chi connectivity index (χ0n) is 5.87. The van der Waals surface area contributed by atoms with Crippen LogP contribution < -0.4 is 4.74 Å². The van der Waals surface area contributed by atoms with E-state index in [-0.39, 0.29) is 0 Å². The van der Waals surface area contributed by atoms with E-state index in [9.17, 15) is 0 Å². The molecule has 1 aromatic carbocycles. The molecule has 0 fully saturated rings. The first-order valence-corrected chi connectivity index (χ1v) is 5.46. The second-order valence-electron chi connectivity index (χ2n) is 2.07. The average Bonchev–Trinajstić information content (AvgIpc) is 1.88. The van der Waals surface area contributed by atoms with Crippen molar-refractivity contribution in [2.45, 2.75) is 10.6 Å². The maximum atomic E-state index is 5.48. The summed E-state index contributed by atoms with van der Waals surface area (Å²) in [5, 5.41) is 0. The molecule has 0 amide bonds. The van der Waals surface area contributed by atoms with Crippen molar-refractivity contribution in [3.8, 4) is 5.75 Å². The van der Waals surface area contributed by atoms with Gasteiger partial charge in [-0.3, -0.25) is 0 Å². The summed E-state index contributed by atoms with van der Waals surface area (Å²) < 4.78 is 5.88. The fourth-order valence-corrected chi connectivity index (χ4v) is 1.23. The molecule has 3 radical (unpaired) electrons. The molecule has 0 aliphatic carbocycles. The van der Waals surface area contributed by atoms with E-state index in [0.717, 1.165) is 31.5 Å². The molecule has 51 valence electrons. The zero-order valence-corrected chi connectivity index (χ0v) is 9.76. The minimum atomic E-state index is 0.405. The molecule has 0 N–H and O–H groups in total. The molecule has 10 heavy (non-hydrogen) atoms. The number of benzene rings is 1. The second kappa shape index (κ2) is 3.96. The standard InChI is InChI=1S/C8H9O.Pb/c1-2-9-8-6-4-3-5-7-8;/h2-7H,1H3;. The van der Waals surface area contributed by atoms with Crippen LogP contribution in [0.25, 0.3) is 0 Å². The van der Waals surface area contributed by atoms with Crippen molar-refractivity contribution in [2.75, 3.05) is 0 Å². The Kier molecular flexibility index (Phi) is 3.18. The van der Waals surface area contributed by atoms with Gasteiger partial charge in [0.2, 0.25) is 0 Å². The molecule has 0 aromatic heterocycles. The summed E-state index contributed by atoms with van der Waals surface area (Å²) in [6.45, 7) is 2.08. The molecule has 0 heterocycles. The molecule has 2 heteroatoms. The third-order valence-electron chi connectivity index (χ3n) is 1.06. The Morgan fingerprint density at radius 1 is 1.30 bits per heavy atom. The van der Waals surface area contributed by atoms with Gasteiger partial charge in [-0.15, -0.1) is 0 Å². The van der Waals surface area contributed by atoms with Crippen molar-refractivity contribution in [3.05, 3.63) is 30.3 Å². The summed E-state index contributed by atoms with van der Waals surface area (Å²) in [6, 6.07) is 9.92. The van der Waals surface area contributed by atoms with E-state index in [1.165, 1.54) is 0 Å². The predicted octanol–water partition coefficient (Wildman–Crippen LogP) is 1.58. The minimum absolute atomic E-state index is 0.405. The van der Waals surface area contributed by atoms with Crippen molar-refractivity contribution in [1.29, 1.82) is 0 Å². The van der Waals surface area contributed by atoms with Crippen LogP contribution >= 0.6 is 0 Å². The Morgan fingerprint density at radius 2 is 1.90 bits per heavy atom. The monoisotopic (exact) mass is 329 g/mol. The van der Waals surface area contributed by atoms with Crippen LogP contribution in [0.2, 0.25) is 0 Å². The van der Waals surface area contributed by atoms with Gasteiger partial charge < -0.3 is 0 Å². The van der Waals surface area contributed by atoms with Crippen LogP contribution in [0.1, 0.15) is 6.92 Å². The predicted molar refractivity (Wildman–Crippen MR) is 42.3 cm³/mol. The molecular formula is C8H9OPb. The molecule has 0 saturated carbocycles. The quantitative estimate of drug-likeness (QED) is 0.749. The molecule has 1 atom stereocenters. The van der Waals surface area contributed by atoms with Gasteiger partial charge in [-0.2, -0.15) is 0 Å². The first-order chi connectivity index (χ1) is 4.79. The van der Waals surface area contributed by atoms with Gasteiger partial charge in [-0.25, -0.2) is 0 Å². The molecule has 1 aromatic rings. The van der Waals surface area contributed by atoms with Crippen molar-refractivity contribution in [2.24, 2.45) is 0 Å². The van der Waals surface area contributed by atoms with Gasteiger partial charge in [0.05, 0.1) is 0 Å². The van der Waals surface area contributed by atoms with Crippen LogP contribution in [-0.2, 0) is 0 Å². The molecule has 0 saturated heterocycles. The van der Waals surface area contributed by atoms with E-state index < -0.39 is 0 Å². The Hall–Kier alpha value is -0.0579. The zero-order chi connectivity index (χ0) is 7.40. The first kappa shape index (κ1) is 8.04. The number of hydrogen-bond donors (Lipinski definition) is 0. The van der Waals surface area contributed by atoms with Gasteiger partial charge in [0.25, 0.3) is 0 Å². The number of ether oxygens (including phenoxy) is 1. The number of rotatable bonds is 2. The van der Waals surface area contributed by atoms with E-state index in [0.29, 0.717) is 3.66 Å². The Bertz CT molecular complexity index is 184. The van der Waals surface area contributed by atoms with Crippen molar-refractivity contribution < 1.29 is 4.74 Å². The second-order valence-corrected chi connectivity index (χ2v) is 5.23. The van der Waals surface area contributed by atoms with Gasteiger partial charge in [-0.1, -0.05) is 0 Å². The van der Waals surface area contributed by atoms with E-state index in [1.807, 2.05) is 30.3 Å². The van der Waals surface area contributed by atoms with Gasteiger partial charge in [-0.05, 0) is 0 Å². The molecular weight excluding hydrogens is 319 g/mol. The summed E-state index contributed by atoms with van der Waals surface area (Å²) in [6.07, 6.45) is 0. The van der Waals surface area contributed by atoms with Gasteiger partial charge in [0, 0.05) is 0 Å². The van der Waals surface area contributed by atoms with E-state index >= 15 is 0 Å². The molecule has 1 unspecified atom stereocenters. The van der Waals surface area contributed by atoms with Crippen molar-refractivity contribution in [3.63, 3.8) is 0 Å². The van der Waals surface area contributed by atoms with Crippen molar-refractivity contribution in [1.82, 2.24) is 0 Å². The van der Waals surface area contributed by atoms with Gasteiger partial charge in [0.15, 0.2) is 0 Å². The fourth-order valence-electron chi connectivity index (χ4n) is 0.703. The Morgan fingerprint density at radius 3 is 2.40 bits per heavy atom. The van der Waals surface area contributed by atoms with Crippen LogP contribution in [0, 0.1) is 0 Å². The van der Waals surface area contributed by atoms with Crippen molar-refractivity contribution >= 4 is 25.8 Å². The van der Waals surface area contributed by atoms with Gasteiger partial charge in [0.1, 0.15) is 0 Å². The van der Waals surface area contributed by atoms with Crippen LogP contribution in [0.4, 0.5) is 0 Å². The maximum absolute atomic E-state index is 5.48. The van der Waals surface area contributed by atoms with E-state index in [2.05, 4.69) is 6.92 Å². The van der Waals surface area contributed by atoms with E-state index in [4.69, 9.17) is 4.74 Å². The summed E-state index contributed by atoms with van der Waals surface area (Å²) in [5.74, 6) is 0.977. The summed E-state index contributed by atoms with van der Waals surface area (Å²) in [7, 11) is 0. The number of hydrogen-bond acceptors (Lipinski definition) is 1. The first-order valence-electron chi connectivity index (χ1n) is 3.22. The summed E-state index contributed by atoms with van der Waals surface area (Å²) in [4.78, 5) is 0. The summed E-state index contributed by atoms with van der Waals surface area (Å²) >= 11 is 1.08. The van der Waals surface area contributed by atoms with Crippen LogP contribution in [0.3, 0.4) is 0 Å². The van der Waals surface area contributed by atoms with Crippen LogP contribution in [0.15, 0.2) is 30.3 Å². The normalized spacial score (nSPS) is 12.6. The summed E-state index contributed by atoms with van der Waals surface area (Å²) in [5.41, 5.74) is 0.